The molecule has 0 aliphatic carbocycles. The van der Waals surface area contributed by atoms with Crippen molar-refractivity contribution >= 4 is 28.4 Å². The van der Waals surface area contributed by atoms with E-state index < -0.39 is 0 Å². The van der Waals surface area contributed by atoms with Crippen LogP contribution in [0.1, 0.15) is 11.5 Å². The highest BCUT2D eigenvalue weighted by Gasteiger charge is 2.09. The second kappa shape index (κ2) is 7.37. The van der Waals surface area contributed by atoms with Crippen LogP contribution in [0.5, 0.6) is 5.75 Å². The summed E-state index contributed by atoms with van der Waals surface area (Å²) in [6.45, 7) is 0.653. The van der Waals surface area contributed by atoms with Gasteiger partial charge >= 0.3 is 0 Å². The number of benzene rings is 1. The van der Waals surface area contributed by atoms with Crippen molar-refractivity contribution in [3.63, 3.8) is 0 Å². The van der Waals surface area contributed by atoms with E-state index in [9.17, 15) is 4.79 Å². The maximum Gasteiger partial charge on any atom is 0.246 e. The van der Waals surface area contributed by atoms with Gasteiger partial charge in [-0.25, -0.2) is 0 Å². The number of carbonyl (C=O) groups is 1. The number of rotatable bonds is 7. The van der Waals surface area contributed by atoms with E-state index in [1.165, 1.54) is 7.11 Å². The van der Waals surface area contributed by atoms with Crippen LogP contribution in [-0.4, -0.2) is 29.8 Å². The molecule has 7 nitrogen and oxygen atoms in total. The number of carbonyl (C=O) groups excluding carboxylic acids is 1. The lowest BCUT2D eigenvalue weighted by molar-refractivity contribution is -0.124. The topological polar surface area (TPSA) is 89.4 Å². The first-order valence-corrected chi connectivity index (χ1v) is 7.62. The van der Waals surface area contributed by atoms with E-state index in [2.05, 4.69) is 15.5 Å². The summed E-state index contributed by atoms with van der Waals surface area (Å²) < 4.78 is 15.4. The Labute approximate surface area is 142 Å². The Morgan fingerprint density at radius 3 is 3.04 bits per heavy atom. The maximum atomic E-state index is 11.4. The van der Waals surface area contributed by atoms with Crippen LogP contribution in [0.15, 0.2) is 35.0 Å². The summed E-state index contributed by atoms with van der Waals surface area (Å²) in [5.41, 5.74) is 1.72. The Kier molecular flexibility index (Phi) is 5.02. The summed E-state index contributed by atoms with van der Waals surface area (Å²) in [5.74, 6) is 0.974. The van der Waals surface area contributed by atoms with E-state index in [1.54, 1.807) is 12.3 Å². The summed E-state index contributed by atoms with van der Waals surface area (Å²) in [7, 11) is 1.48. The highest BCUT2D eigenvalue weighted by molar-refractivity contribution is 6.32. The molecule has 0 aliphatic heterocycles. The average Bonchev–Trinajstić information content (AvgIpc) is 3.20. The standard InChI is InChI=1S/C16H16ClN3O4/c1-22-9-16(21)18-7-11-4-10-5-13(17)15(6-14(10)20-11)23-8-12-2-3-19-24-12/h2-6,20H,7-9H2,1H3,(H,18,21). The van der Waals surface area contributed by atoms with Gasteiger partial charge in [0.15, 0.2) is 5.76 Å². The second-order valence-corrected chi connectivity index (χ2v) is 5.55. The number of methoxy groups -OCH3 is 1. The number of amides is 1. The molecule has 0 bridgehead atoms. The zero-order valence-electron chi connectivity index (χ0n) is 13.0. The molecule has 2 N–H and O–H groups in total. The predicted octanol–water partition coefficient (Wildman–Crippen LogP) is 2.65. The van der Waals surface area contributed by atoms with Gasteiger partial charge in [-0.2, -0.15) is 0 Å². The van der Waals surface area contributed by atoms with Gasteiger partial charge in [0, 0.05) is 35.8 Å². The number of hydrogen-bond acceptors (Lipinski definition) is 5. The third kappa shape index (κ3) is 3.87. The van der Waals surface area contributed by atoms with Crippen molar-refractivity contribution < 1.29 is 18.8 Å². The molecular weight excluding hydrogens is 334 g/mol. The summed E-state index contributed by atoms with van der Waals surface area (Å²) in [6.07, 6.45) is 1.55. The van der Waals surface area contributed by atoms with Crippen LogP contribution in [-0.2, 0) is 22.7 Å². The van der Waals surface area contributed by atoms with Gasteiger partial charge in [-0.15, -0.1) is 0 Å². The number of H-pyrrole nitrogens is 1. The van der Waals surface area contributed by atoms with Gasteiger partial charge in [-0.1, -0.05) is 16.8 Å². The van der Waals surface area contributed by atoms with Crippen molar-refractivity contribution in [2.75, 3.05) is 13.7 Å². The molecule has 0 atom stereocenters. The number of ether oxygens (including phenoxy) is 2. The van der Waals surface area contributed by atoms with Crippen molar-refractivity contribution in [3.8, 4) is 5.75 Å². The highest BCUT2D eigenvalue weighted by atomic mass is 35.5. The van der Waals surface area contributed by atoms with E-state index in [0.717, 1.165) is 16.6 Å². The third-order valence-corrected chi connectivity index (χ3v) is 3.64. The fourth-order valence-corrected chi connectivity index (χ4v) is 2.47. The number of aromatic amines is 1. The third-order valence-electron chi connectivity index (χ3n) is 3.34. The number of aromatic nitrogens is 2. The smallest absolute Gasteiger partial charge is 0.246 e. The number of nitrogens with zero attached hydrogens (tertiary/aromatic N) is 1. The lowest BCUT2D eigenvalue weighted by atomic mass is 10.2. The lowest BCUT2D eigenvalue weighted by Crippen LogP contribution is -2.26. The molecule has 1 aromatic carbocycles. The summed E-state index contributed by atoms with van der Waals surface area (Å²) >= 11 is 6.25. The van der Waals surface area contributed by atoms with Crippen LogP contribution in [0.2, 0.25) is 5.02 Å². The molecular formula is C16H16ClN3O4. The maximum absolute atomic E-state index is 11.4. The predicted molar refractivity (Wildman–Crippen MR) is 87.9 cm³/mol. The minimum atomic E-state index is -0.176. The van der Waals surface area contributed by atoms with Crippen molar-refractivity contribution in [1.82, 2.24) is 15.5 Å². The highest BCUT2D eigenvalue weighted by Crippen LogP contribution is 2.31. The second-order valence-electron chi connectivity index (χ2n) is 5.14. The van der Waals surface area contributed by atoms with Crippen LogP contribution in [0.4, 0.5) is 0 Å². The molecule has 126 valence electrons. The van der Waals surface area contributed by atoms with Crippen LogP contribution < -0.4 is 10.1 Å². The van der Waals surface area contributed by atoms with E-state index in [4.69, 9.17) is 25.6 Å². The van der Waals surface area contributed by atoms with Gasteiger partial charge < -0.3 is 24.3 Å². The molecule has 8 heteroatoms. The van der Waals surface area contributed by atoms with Gasteiger partial charge in [0.2, 0.25) is 5.91 Å². The summed E-state index contributed by atoms with van der Waals surface area (Å²) in [6, 6.07) is 7.27. The van der Waals surface area contributed by atoms with Crippen LogP contribution in [0.3, 0.4) is 0 Å². The molecule has 3 rings (SSSR count). The fraction of sp³-hybridized carbons (Fsp3) is 0.250. The van der Waals surface area contributed by atoms with Gasteiger partial charge in [-0.3, -0.25) is 4.79 Å². The summed E-state index contributed by atoms with van der Waals surface area (Å²) in [4.78, 5) is 14.7. The fourth-order valence-electron chi connectivity index (χ4n) is 2.24. The molecule has 0 fully saturated rings. The van der Waals surface area contributed by atoms with Crippen LogP contribution >= 0.6 is 11.6 Å². The van der Waals surface area contributed by atoms with E-state index >= 15 is 0 Å². The van der Waals surface area contributed by atoms with E-state index in [1.807, 2.05) is 18.2 Å². The van der Waals surface area contributed by atoms with Crippen LogP contribution in [0, 0.1) is 0 Å². The molecule has 0 saturated heterocycles. The Morgan fingerprint density at radius 2 is 2.29 bits per heavy atom. The van der Waals surface area contributed by atoms with E-state index in [-0.39, 0.29) is 19.1 Å². The molecule has 0 spiro atoms. The Hall–Kier alpha value is -2.51. The van der Waals surface area contributed by atoms with Crippen molar-refractivity contribution in [3.05, 3.63) is 46.9 Å². The minimum Gasteiger partial charge on any atom is -0.484 e. The molecule has 3 aromatic rings. The minimum absolute atomic E-state index is 0.0334. The Balaban J connectivity index is 1.71. The molecule has 1 amide bonds. The van der Waals surface area contributed by atoms with Gasteiger partial charge in [0.1, 0.15) is 19.0 Å². The molecule has 0 unspecified atom stereocenters. The molecule has 24 heavy (non-hydrogen) atoms. The zero-order valence-corrected chi connectivity index (χ0v) is 13.7. The quantitative estimate of drug-likeness (QED) is 0.684. The van der Waals surface area contributed by atoms with Gasteiger partial charge in [0.05, 0.1) is 17.8 Å². The number of fused-ring (bicyclic) bond motifs is 1. The molecule has 0 radical (unpaired) electrons. The molecule has 2 aromatic heterocycles. The van der Waals surface area contributed by atoms with Gasteiger partial charge in [0.25, 0.3) is 0 Å². The first-order valence-electron chi connectivity index (χ1n) is 7.25. The number of halogens is 1. The van der Waals surface area contributed by atoms with Crippen molar-refractivity contribution in [2.45, 2.75) is 13.2 Å². The first kappa shape index (κ1) is 16.4. The monoisotopic (exact) mass is 349 g/mol. The lowest BCUT2D eigenvalue weighted by Gasteiger charge is -2.06. The molecule has 0 saturated carbocycles. The Morgan fingerprint density at radius 1 is 1.42 bits per heavy atom. The first-order chi connectivity index (χ1) is 11.7. The molecule has 2 heterocycles. The van der Waals surface area contributed by atoms with Crippen molar-refractivity contribution in [2.24, 2.45) is 0 Å². The number of nitrogens with one attached hydrogen (secondary N) is 2. The summed E-state index contributed by atoms with van der Waals surface area (Å²) in [5, 5.41) is 7.81. The zero-order chi connectivity index (χ0) is 16.9. The number of hydrogen-bond donors (Lipinski definition) is 2. The van der Waals surface area contributed by atoms with Crippen molar-refractivity contribution in [1.29, 1.82) is 0 Å². The van der Waals surface area contributed by atoms with Gasteiger partial charge in [-0.05, 0) is 12.1 Å². The normalized spacial score (nSPS) is 10.9. The van der Waals surface area contributed by atoms with Crippen LogP contribution in [0.25, 0.3) is 10.9 Å². The van der Waals surface area contributed by atoms with E-state index in [0.29, 0.717) is 23.1 Å². The SMILES string of the molecule is COCC(=O)NCc1cc2cc(Cl)c(OCc3ccno3)cc2[nH]1. The largest absolute Gasteiger partial charge is 0.484 e. The Bertz CT molecular complexity index is 829. The molecule has 0 aliphatic rings. The average molecular weight is 350 g/mol.